The number of rotatable bonds is 8. The minimum atomic E-state index is -0.713. The van der Waals surface area contributed by atoms with Crippen LogP contribution < -0.4 is 9.80 Å². The van der Waals surface area contributed by atoms with Gasteiger partial charge in [-0.3, -0.25) is 4.79 Å². The number of benzene rings is 1. The van der Waals surface area contributed by atoms with E-state index < -0.39 is 12.2 Å². The molecule has 0 spiro atoms. The molecule has 0 saturated carbocycles. The molecule has 2 atom stereocenters. The van der Waals surface area contributed by atoms with Crippen molar-refractivity contribution in [2.75, 3.05) is 54.4 Å². The van der Waals surface area contributed by atoms with E-state index in [9.17, 15) is 15.0 Å². The zero-order valence-electron chi connectivity index (χ0n) is 13.3. The highest BCUT2D eigenvalue weighted by Gasteiger charge is 2.21. The van der Waals surface area contributed by atoms with Crippen LogP contribution in [0.5, 0.6) is 0 Å². The number of hydrogen-bond donors (Lipinski definition) is 2. The molecule has 1 fully saturated rings. The molecule has 0 bridgehead atoms. The van der Waals surface area contributed by atoms with Crippen molar-refractivity contribution in [3.05, 3.63) is 24.3 Å². The lowest BCUT2D eigenvalue weighted by Gasteiger charge is -2.30. The SMILES string of the molecule is O=C1COCCN1c1ccc(N(CC(O)CCl)CC(O)CCl)cc1. The molecule has 1 aliphatic rings. The Morgan fingerprint density at radius 3 is 2.21 bits per heavy atom. The van der Waals surface area contributed by atoms with Gasteiger partial charge in [0, 0.05) is 31.0 Å². The number of anilines is 2. The van der Waals surface area contributed by atoms with Gasteiger partial charge in [-0.2, -0.15) is 0 Å². The Labute approximate surface area is 151 Å². The van der Waals surface area contributed by atoms with Crippen molar-refractivity contribution in [2.24, 2.45) is 0 Å². The standard InChI is InChI=1S/C16H22Cl2N2O4/c17-7-14(21)9-19(10-15(22)8-18)12-1-3-13(4-2-12)20-5-6-24-11-16(20)23/h1-4,14-15,21-22H,5-11H2. The minimum absolute atomic E-state index is 0.0685. The first-order valence-corrected chi connectivity index (χ1v) is 8.83. The topological polar surface area (TPSA) is 73.2 Å². The third-order valence-corrected chi connectivity index (χ3v) is 4.44. The van der Waals surface area contributed by atoms with Gasteiger partial charge in [-0.1, -0.05) is 0 Å². The number of carbonyl (C=O) groups is 1. The van der Waals surface area contributed by atoms with Crippen LogP contribution in [0.4, 0.5) is 11.4 Å². The van der Waals surface area contributed by atoms with Crippen molar-refractivity contribution >= 4 is 40.5 Å². The first kappa shape index (κ1) is 19.3. The van der Waals surface area contributed by atoms with Gasteiger partial charge in [-0.15, -0.1) is 23.2 Å². The Hall–Kier alpha value is -1.05. The summed E-state index contributed by atoms with van der Waals surface area (Å²) in [5, 5.41) is 19.6. The van der Waals surface area contributed by atoms with E-state index in [2.05, 4.69) is 0 Å². The normalized spacial score (nSPS) is 17.7. The predicted molar refractivity (Wildman–Crippen MR) is 95.3 cm³/mol. The number of amides is 1. The van der Waals surface area contributed by atoms with Crippen LogP contribution >= 0.6 is 23.2 Å². The van der Waals surface area contributed by atoms with Crippen molar-refractivity contribution in [3.8, 4) is 0 Å². The molecule has 1 aromatic rings. The van der Waals surface area contributed by atoms with Gasteiger partial charge >= 0.3 is 0 Å². The molecule has 2 unspecified atom stereocenters. The quantitative estimate of drug-likeness (QED) is 0.663. The summed E-state index contributed by atoms with van der Waals surface area (Å²) < 4.78 is 5.13. The number of nitrogens with zero attached hydrogens (tertiary/aromatic N) is 2. The van der Waals surface area contributed by atoms with E-state index in [-0.39, 0.29) is 37.4 Å². The van der Waals surface area contributed by atoms with Crippen LogP contribution in [0.1, 0.15) is 0 Å². The second-order valence-electron chi connectivity index (χ2n) is 5.64. The first-order valence-electron chi connectivity index (χ1n) is 7.76. The molecule has 24 heavy (non-hydrogen) atoms. The van der Waals surface area contributed by atoms with Gasteiger partial charge in [0.05, 0.1) is 30.6 Å². The molecular formula is C16H22Cl2N2O4. The maximum Gasteiger partial charge on any atom is 0.253 e. The van der Waals surface area contributed by atoms with Gasteiger partial charge in [0.2, 0.25) is 0 Å². The Morgan fingerprint density at radius 2 is 1.71 bits per heavy atom. The fourth-order valence-corrected chi connectivity index (χ4v) is 2.72. The number of carbonyl (C=O) groups excluding carboxylic acids is 1. The van der Waals surface area contributed by atoms with Crippen LogP contribution in [0, 0.1) is 0 Å². The van der Waals surface area contributed by atoms with Crippen LogP contribution in [0.25, 0.3) is 0 Å². The number of alkyl halides is 2. The fraction of sp³-hybridized carbons (Fsp3) is 0.562. The average molecular weight is 377 g/mol. The number of aliphatic hydroxyl groups excluding tert-OH is 2. The Kier molecular flexibility index (Phi) is 7.58. The highest BCUT2D eigenvalue weighted by atomic mass is 35.5. The molecule has 1 amide bonds. The molecular weight excluding hydrogens is 355 g/mol. The maximum absolute atomic E-state index is 11.9. The Balaban J connectivity index is 2.12. The highest BCUT2D eigenvalue weighted by Crippen LogP contribution is 2.23. The molecule has 0 radical (unpaired) electrons. The first-order chi connectivity index (χ1) is 11.5. The summed E-state index contributed by atoms with van der Waals surface area (Å²) in [5.74, 6) is 0.141. The molecule has 2 rings (SSSR count). The van der Waals surface area contributed by atoms with Crippen LogP contribution in [-0.4, -0.2) is 72.9 Å². The summed E-state index contributed by atoms with van der Waals surface area (Å²) in [5.41, 5.74) is 1.61. The van der Waals surface area contributed by atoms with Gasteiger partial charge in [-0.05, 0) is 24.3 Å². The molecule has 2 N–H and O–H groups in total. The lowest BCUT2D eigenvalue weighted by molar-refractivity contribution is -0.125. The molecule has 0 aromatic heterocycles. The molecule has 6 nitrogen and oxygen atoms in total. The van der Waals surface area contributed by atoms with E-state index in [1.807, 2.05) is 29.2 Å². The predicted octanol–water partition coefficient (Wildman–Crippen LogP) is 1.06. The van der Waals surface area contributed by atoms with Gasteiger partial charge in [-0.25, -0.2) is 0 Å². The van der Waals surface area contributed by atoms with Gasteiger partial charge < -0.3 is 24.7 Å². The highest BCUT2D eigenvalue weighted by molar-refractivity contribution is 6.18. The third-order valence-electron chi connectivity index (χ3n) is 3.73. The lowest BCUT2D eigenvalue weighted by Crippen LogP contribution is -2.41. The summed E-state index contributed by atoms with van der Waals surface area (Å²) in [6.45, 7) is 1.71. The van der Waals surface area contributed by atoms with E-state index >= 15 is 0 Å². The van der Waals surface area contributed by atoms with Crippen LogP contribution in [0.15, 0.2) is 24.3 Å². The van der Waals surface area contributed by atoms with Crippen LogP contribution in [0.2, 0.25) is 0 Å². The van der Waals surface area contributed by atoms with E-state index in [0.717, 1.165) is 11.4 Å². The average Bonchev–Trinajstić information content (AvgIpc) is 2.61. The van der Waals surface area contributed by atoms with E-state index in [1.54, 1.807) is 4.90 Å². The number of morpholine rings is 1. The van der Waals surface area contributed by atoms with Gasteiger partial charge in [0.15, 0.2) is 0 Å². The second-order valence-corrected chi connectivity index (χ2v) is 6.25. The second kappa shape index (κ2) is 9.44. The summed E-state index contributed by atoms with van der Waals surface area (Å²) >= 11 is 11.4. The zero-order valence-corrected chi connectivity index (χ0v) is 14.8. The summed E-state index contributed by atoms with van der Waals surface area (Å²) in [4.78, 5) is 15.4. The molecule has 1 heterocycles. The molecule has 1 aliphatic heterocycles. The lowest BCUT2D eigenvalue weighted by atomic mass is 10.2. The van der Waals surface area contributed by atoms with Crippen molar-refractivity contribution in [2.45, 2.75) is 12.2 Å². The third kappa shape index (κ3) is 5.22. The van der Waals surface area contributed by atoms with Crippen molar-refractivity contribution < 1.29 is 19.7 Å². The van der Waals surface area contributed by atoms with Crippen LogP contribution in [0.3, 0.4) is 0 Å². The monoisotopic (exact) mass is 376 g/mol. The number of halogens is 2. The smallest absolute Gasteiger partial charge is 0.253 e. The minimum Gasteiger partial charge on any atom is -0.390 e. The van der Waals surface area contributed by atoms with Gasteiger partial charge in [0.1, 0.15) is 6.61 Å². The van der Waals surface area contributed by atoms with E-state index in [0.29, 0.717) is 13.2 Å². The Morgan fingerprint density at radius 1 is 1.12 bits per heavy atom. The molecule has 1 aromatic carbocycles. The fourth-order valence-electron chi connectivity index (χ4n) is 2.53. The molecule has 8 heteroatoms. The van der Waals surface area contributed by atoms with E-state index in [1.165, 1.54) is 0 Å². The Bertz CT molecular complexity index is 517. The van der Waals surface area contributed by atoms with Gasteiger partial charge in [0.25, 0.3) is 5.91 Å². The summed E-state index contributed by atoms with van der Waals surface area (Å²) in [6, 6.07) is 7.37. The largest absolute Gasteiger partial charge is 0.390 e. The summed E-state index contributed by atoms with van der Waals surface area (Å²) in [7, 11) is 0. The summed E-state index contributed by atoms with van der Waals surface area (Å²) in [6.07, 6.45) is -1.43. The number of hydrogen-bond acceptors (Lipinski definition) is 5. The van der Waals surface area contributed by atoms with Crippen molar-refractivity contribution in [1.82, 2.24) is 0 Å². The number of aliphatic hydroxyl groups is 2. The molecule has 134 valence electrons. The van der Waals surface area contributed by atoms with Crippen molar-refractivity contribution in [3.63, 3.8) is 0 Å². The maximum atomic E-state index is 11.9. The molecule has 1 saturated heterocycles. The van der Waals surface area contributed by atoms with Crippen LogP contribution in [-0.2, 0) is 9.53 Å². The molecule has 0 aliphatic carbocycles. The zero-order chi connectivity index (χ0) is 17.5. The van der Waals surface area contributed by atoms with E-state index in [4.69, 9.17) is 27.9 Å². The van der Waals surface area contributed by atoms with Crippen molar-refractivity contribution in [1.29, 1.82) is 0 Å². The number of ether oxygens (including phenoxy) is 1.